The van der Waals surface area contributed by atoms with Crippen LogP contribution in [-0.2, 0) is 11.3 Å². The maximum absolute atomic E-state index is 15.0. The number of amides is 1. The molecule has 0 aliphatic carbocycles. The Labute approximate surface area is 180 Å². The van der Waals surface area contributed by atoms with Crippen LogP contribution in [0.25, 0.3) is 0 Å². The van der Waals surface area contributed by atoms with Gasteiger partial charge in [0, 0.05) is 31.1 Å². The predicted octanol–water partition coefficient (Wildman–Crippen LogP) is 4.39. The third-order valence-corrected chi connectivity index (χ3v) is 5.42. The van der Waals surface area contributed by atoms with Crippen molar-refractivity contribution in [1.29, 1.82) is 0 Å². The molecule has 0 bridgehead atoms. The number of nitrogens with zero attached hydrogens (tertiary/aromatic N) is 2. The third-order valence-electron chi connectivity index (χ3n) is 4.74. The maximum atomic E-state index is 15.0. The van der Waals surface area contributed by atoms with Gasteiger partial charge in [-0.1, -0.05) is 6.07 Å². The summed E-state index contributed by atoms with van der Waals surface area (Å²) in [5.41, 5.74) is -0.372. The fourth-order valence-corrected chi connectivity index (χ4v) is 3.79. The summed E-state index contributed by atoms with van der Waals surface area (Å²) in [6.07, 6.45) is 0. The standard InChI is InChI=1S/C21H19F3N4O2S/c22-15-10-16(23)20(27-21(29)13-4-9-31-12-13)18(24)19(15)26-17-3-1-2-14(25-17)11-28-5-7-30-8-6-28/h1-4,9-10,12H,5-8,11H2,(H,25,26)(H,27,29). The highest BCUT2D eigenvalue weighted by atomic mass is 32.1. The second-order valence-corrected chi connectivity index (χ2v) is 7.68. The molecule has 0 atom stereocenters. The Morgan fingerprint density at radius 3 is 2.65 bits per heavy atom. The first-order valence-corrected chi connectivity index (χ1v) is 10.5. The SMILES string of the molecule is O=C(Nc1c(F)cc(F)c(Nc2cccc(CN3CCOCC3)n2)c1F)c1ccsc1. The number of carbonyl (C=O) groups excluding carboxylic acids is 1. The number of hydrogen-bond acceptors (Lipinski definition) is 6. The number of benzene rings is 1. The smallest absolute Gasteiger partial charge is 0.256 e. The molecular weight excluding hydrogens is 429 g/mol. The van der Waals surface area contributed by atoms with Gasteiger partial charge in [-0.2, -0.15) is 11.3 Å². The highest BCUT2D eigenvalue weighted by Crippen LogP contribution is 2.31. The number of thiophene rings is 1. The zero-order valence-corrected chi connectivity index (χ0v) is 17.1. The van der Waals surface area contributed by atoms with Crippen LogP contribution in [-0.4, -0.2) is 42.1 Å². The lowest BCUT2D eigenvalue weighted by Gasteiger charge is -2.26. The zero-order chi connectivity index (χ0) is 21.8. The van der Waals surface area contributed by atoms with Gasteiger partial charge >= 0.3 is 0 Å². The lowest BCUT2D eigenvalue weighted by atomic mass is 10.2. The summed E-state index contributed by atoms with van der Waals surface area (Å²) in [6.45, 7) is 3.39. The Hall–Kier alpha value is -2.95. The number of anilines is 3. The van der Waals surface area contributed by atoms with E-state index in [2.05, 4.69) is 20.5 Å². The second kappa shape index (κ2) is 9.46. The summed E-state index contributed by atoms with van der Waals surface area (Å²) >= 11 is 1.27. The minimum atomic E-state index is -1.25. The fraction of sp³-hybridized carbons (Fsp3) is 0.238. The Kier molecular flexibility index (Phi) is 6.50. The summed E-state index contributed by atoms with van der Waals surface area (Å²) in [5.74, 6) is -4.09. The van der Waals surface area contributed by atoms with E-state index in [9.17, 15) is 18.0 Å². The molecule has 2 N–H and O–H groups in total. The van der Waals surface area contributed by atoms with E-state index in [0.29, 0.717) is 31.5 Å². The van der Waals surface area contributed by atoms with Gasteiger partial charge in [0.2, 0.25) is 0 Å². The lowest BCUT2D eigenvalue weighted by molar-refractivity contribution is 0.0337. The summed E-state index contributed by atoms with van der Waals surface area (Å²) in [5, 5.41) is 7.95. The van der Waals surface area contributed by atoms with Crippen molar-refractivity contribution >= 4 is 34.4 Å². The van der Waals surface area contributed by atoms with Crippen LogP contribution in [0.1, 0.15) is 16.1 Å². The number of carbonyl (C=O) groups is 1. The van der Waals surface area contributed by atoms with E-state index in [1.165, 1.54) is 22.8 Å². The highest BCUT2D eigenvalue weighted by molar-refractivity contribution is 7.08. The first-order chi connectivity index (χ1) is 15.0. The Morgan fingerprint density at radius 1 is 1.13 bits per heavy atom. The molecule has 0 spiro atoms. The molecule has 10 heteroatoms. The van der Waals surface area contributed by atoms with Gasteiger partial charge in [0.1, 0.15) is 17.2 Å². The molecule has 1 fully saturated rings. The van der Waals surface area contributed by atoms with Crippen molar-refractivity contribution in [3.05, 3.63) is 69.8 Å². The van der Waals surface area contributed by atoms with E-state index in [1.807, 2.05) is 6.07 Å². The number of pyridine rings is 1. The van der Waals surface area contributed by atoms with Gasteiger partial charge in [-0.3, -0.25) is 9.69 Å². The van der Waals surface area contributed by atoms with Crippen LogP contribution in [0, 0.1) is 17.5 Å². The van der Waals surface area contributed by atoms with Gasteiger partial charge in [-0.25, -0.2) is 18.2 Å². The quantitative estimate of drug-likeness (QED) is 0.586. The molecule has 1 amide bonds. The summed E-state index contributed by atoms with van der Waals surface area (Å²) in [7, 11) is 0. The van der Waals surface area contributed by atoms with Gasteiger partial charge in [0.05, 0.1) is 24.5 Å². The molecule has 0 unspecified atom stereocenters. The summed E-state index contributed by atoms with van der Waals surface area (Å²) < 4.78 is 48.8. The van der Waals surface area contributed by atoms with Crippen LogP contribution < -0.4 is 10.6 Å². The Bertz CT molecular complexity index is 1070. The average Bonchev–Trinajstić information content (AvgIpc) is 3.30. The normalized spacial score (nSPS) is 14.4. The average molecular weight is 448 g/mol. The van der Waals surface area contributed by atoms with Crippen molar-refractivity contribution in [2.24, 2.45) is 0 Å². The van der Waals surface area contributed by atoms with Gasteiger partial charge in [0.15, 0.2) is 17.5 Å². The van der Waals surface area contributed by atoms with Crippen molar-refractivity contribution < 1.29 is 22.7 Å². The summed E-state index contributed by atoms with van der Waals surface area (Å²) in [6, 6.07) is 7.11. The molecule has 0 radical (unpaired) electrons. The predicted molar refractivity (Wildman–Crippen MR) is 112 cm³/mol. The molecule has 3 aromatic rings. The van der Waals surface area contributed by atoms with Crippen LogP contribution in [0.4, 0.5) is 30.4 Å². The van der Waals surface area contributed by atoms with Crippen LogP contribution in [0.5, 0.6) is 0 Å². The first-order valence-electron chi connectivity index (χ1n) is 9.55. The molecular formula is C21H19F3N4O2S. The molecule has 3 heterocycles. The first kappa shape index (κ1) is 21.3. The van der Waals surface area contributed by atoms with Gasteiger partial charge in [-0.05, 0) is 23.6 Å². The fourth-order valence-electron chi connectivity index (χ4n) is 3.15. The minimum absolute atomic E-state index is 0.199. The van der Waals surface area contributed by atoms with Crippen molar-refractivity contribution in [2.45, 2.75) is 6.54 Å². The number of halogens is 3. The minimum Gasteiger partial charge on any atom is -0.379 e. The molecule has 2 aromatic heterocycles. The number of nitrogens with one attached hydrogen (secondary N) is 2. The van der Waals surface area contributed by atoms with E-state index in [0.717, 1.165) is 13.1 Å². The van der Waals surface area contributed by atoms with E-state index >= 15 is 0 Å². The van der Waals surface area contributed by atoms with Gasteiger partial charge < -0.3 is 15.4 Å². The molecule has 1 saturated heterocycles. The van der Waals surface area contributed by atoms with Crippen molar-refractivity contribution in [2.75, 3.05) is 36.9 Å². The number of ether oxygens (including phenoxy) is 1. The van der Waals surface area contributed by atoms with Gasteiger partial charge in [-0.15, -0.1) is 0 Å². The van der Waals surface area contributed by atoms with Gasteiger partial charge in [0.25, 0.3) is 5.91 Å². The molecule has 6 nitrogen and oxygen atoms in total. The molecule has 162 valence electrons. The Balaban J connectivity index is 1.55. The van der Waals surface area contributed by atoms with Crippen LogP contribution in [0.15, 0.2) is 41.1 Å². The summed E-state index contributed by atoms with van der Waals surface area (Å²) in [4.78, 5) is 18.7. The third kappa shape index (κ3) is 5.04. The van der Waals surface area contributed by atoms with Crippen LogP contribution in [0.2, 0.25) is 0 Å². The largest absolute Gasteiger partial charge is 0.379 e. The van der Waals surface area contributed by atoms with E-state index in [-0.39, 0.29) is 11.4 Å². The molecule has 4 rings (SSSR count). The van der Waals surface area contributed by atoms with E-state index < -0.39 is 34.7 Å². The number of rotatable bonds is 6. The topological polar surface area (TPSA) is 66.5 Å². The number of morpholine rings is 1. The Morgan fingerprint density at radius 2 is 1.90 bits per heavy atom. The molecule has 1 aliphatic rings. The maximum Gasteiger partial charge on any atom is 0.256 e. The lowest BCUT2D eigenvalue weighted by Crippen LogP contribution is -2.35. The molecule has 1 aromatic carbocycles. The monoisotopic (exact) mass is 448 g/mol. The number of hydrogen-bond donors (Lipinski definition) is 2. The highest BCUT2D eigenvalue weighted by Gasteiger charge is 2.22. The number of aromatic nitrogens is 1. The van der Waals surface area contributed by atoms with Crippen molar-refractivity contribution in [3.63, 3.8) is 0 Å². The van der Waals surface area contributed by atoms with E-state index in [1.54, 1.807) is 17.5 Å². The molecule has 1 aliphatic heterocycles. The van der Waals surface area contributed by atoms with E-state index in [4.69, 9.17) is 4.74 Å². The molecule has 31 heavy (non-hydrogen) atoms. The second-order valence-electron chi connectivity index (χ2n) is 6.90. The van der Waals surface area contributed by atoms with Crippen molar-refractivity contribution in [1.82, 2.24) is 9.88 Å². The van der Waals surface area contributed by atoms with Crippen molar-refractivity contribution in [3.8, 4) is 0 Å². The van der Waals surface area contributed by atoms with Crippen LogP contribution in [0.3, 0.4) is 0 Å². The molecule has 0 saturated carbocycles. The van der Waals surface area contributed by atoms with Crippen LogP contribution >= 0.6 is 11.3 Å². The zero-order valence-electron chi connectivity index (χ0n) is 16.3.